The van der Waals surface area contributed by atoms with E-state index in [1.165, 1.54) is 17.4 Å². The summed E-state index contributed by atoms with van der Waals surface area (Å²) in [7, 11) is 3.69. The summed E-state index contributed by atoms with van der Waals surface area (Å²) in [6, 6.07) is 6.69. The smallest absolute Gasteiger partial charge is 0.189 e. The molecule has 0 bridgehead atoms. The zero-order valence-electron chi connectivity index (χ0n) is 9.77. The second-order valence-corrected chi connectivity index (χ2v) is 4.50. The van der Waals surface area contributed by atoms with Gasteiger partial charge in [0.1, 0.15) is 5.82 Å². The highest BCUT2D eigenvalue weighted by Crippen LogP contribution is 2.28. The number of halogens is 1. The molecule has 1 aromatic heterocycles. The van der Waals surface area contributed by atoms with Crippen molar-refractivity contribution in [1.82, 2.24) is 10.3 Å². The number of anilines is 2. The Labute approximate surface area is 104 Å². The Bertz CT molecular complexity index is 498. The fourth-order valence-electron chi connectivity index (χ4n) is 1.54. The normalized spacial score (nSPS) is 10.5. The summed E-state index contributed by atoms with van der Waals surface area (Å²) in [6.45, 7) is 0.724. The van der Waals surface area contributed by atoms with Gasteiger partial charge < -0.3 is 10.2 Å². The predicted molar refractivity (Wildman–Crippen MR) is 69.3 cm³/mol. The van der Waals surface area contributed by atoms with Crippen LogP contribution >= 0.6 is 11.3 Å². The molecule has 0 fully saturated rings. The average Bonchev–Trinajstić information content (AvgIpc) is 2.78. The Morgan fingerprint density at radius 1 is 1.41 bits per heavy atom. The largest absolute Gasteiger partial charge is 0.318 e. The SMILES string of the molecule is CNCc1csc(N(C)c2ccccc2F)n1. The van der Waals surface area contributed by atoms with Crippen molar-refractivity contribution in [2.45, 2.75) is 6.54 Å². The molecule has 0 radical (unpaired) electrons. The van der Waals surface area contributed by atoms with E-state index in [1.807, 2.05) is 25.5 Å². The third-order valence-corrected chi connectivity index (χ3v) is 3.36. The van der Waals surface area contributed by atoms with Crippen molar-refractivity contribution >= 4 is 22.2 Å². The summed E-state index contributed by atoms with van der Waals surface area (Å²) in [4.78, 5) is 6.20. The minimum absolute atomic E-state index is 0.236. The number of nitrogens with one attached hydrogen (secondary N) is 1. The Hall–Kier alpha value is -1.46. The number of thiazole rings is 1. The number of para-hydroxylation sites is 1. The van der Waals surface area contributed by atoms with Crippen molar-refractivity contribution in [1.29, 1.82) is 0 Å². The first-order chi connectivity index (χ1) is 8.22. The average molecular weight is 251 g/mol. The molecule has 0 saturated carbocycles. The Balaban J connectivity index is 2.24. The molecule has 1 heterocycles. The number of benzene rings is 1. The molecule has 1 aromatic carbocycles. The highest BCUT2D eigenvalue weighted by molar-refractivity contribution is 7.13. The number of aromatic nitrogens is 1. The highest BCUT2D eigenvalue weighted by atomic mass is 32.1. The first kappa shape index (κ1) is 12.0. The molecule has 0 spiro atoms. The third kappa shape index (κ3) is 2.62. The van der Waals surface area contributed by atoms with Crippen LogP contribution in [0.25, 0.3) is 0 Å². The molecule has 5 heteroatoms. The molecular formula is C12H14FN3S. The van der Waals surface area contributed by atoms with Gasteiger partial charge in [0.15, 0.2) is 5.13 Å². The van der Waals surface area contributed by atoms with E-state index in [2.05, 4.69) is 10.3 Å². The van der Waals surface area contributed by atoms with Crippen LogP contribution in [0.5, 0.6) is 0 Å². The van der Waals surface area contributed by atoms with Gasteiger partial charge in [0.2, 0.25) is 0 Å². The van der Waals surface area contributed by atoms with Gasteiger partial charge >= 0.3 is 0 Å². The highest BCUT2D eigenvalue weighted by Gasteiger charge is 2.11. The van der Waals surface area contributed by atoms with Gasteiger partial charge in [-0.1, -0.05) is 12.1 Å². The minimum atomic E-state index is -0.236. The summed E-state index contributed by atoms with van der Waals surface area (Å²) in [6.07, 6.45) is 0. The first-order valence-electron chi connectivity index (χ1n) is 5.29. The molecule has 0 aliphatic heterocycles. The molecule has 0 atom stereocenters. The molecule has 3 nitrogen and oxygen atoms in total. The van der Waals surface area contributed by atoms with Crippen LogP contribution in [0.15, 0.2) is 29.6 Å². The quantitative estimate of drug-likeness (QED) is 0.905. The lowest BCUT2D eigenvalue weighted by atomic mass is 10.3. The zero-order valence-corrected chi connectivity index (χ0v) is 10.6. The lowest BCUT2D eigenvalue weighted by molar-refractivity contribution is 0.627. The summed E-state index contributed by atoms with van der Waals surface area (Å²) in [5.41, 5.74) is 1.51. The molecule has 0 amide bonds. The number of rotatable bonds is 4. The van der Waals surface area contributed by atoms with E-state index in [0.717, 1.165) is 17.4 Å². The number of hydrogen-bond donors (Lipinski definition) is 1. The van der Waals surface area contributed by atoms with Crippen molar-refractivity contribution < 1.29 is 4.39 Å². The Morgan fingerprint density at radius 2 is 2.18 bits per heavy atom. The van der Waals surface area contributed by atoms with Gasteiger partial charge in [-0.2, -0.15) is 0 Å². The third-order valence-electron chi connectivity index (χ3n) is 2.40. The predicted octanol–water partition coefficient (Wildman–Crippen LogP) is 2.77. The van der Waals surface area contributed by atoms with E-state index in [4.69, 9.17) is 0 Å². The van der Waals surface area contributed by atoms with Crippen LogP contribution in [-0.4, -0.2) is 19.1 Å². The maximum atomic E-state index is 13.6. The molecule has 90 valence electrons. The Morgan fingerprint density at radius 3 is 2.88 bits per heavy atom. The van der Waals surface area contributed by atoms with Gasteiger partial charge in [0.25, 0.3) is 0 Å². The fourth-order valence-corrected chi connectivity index (χ4v) is 2.34. The topological polar surface area (TPSA) is 28.2 Å². The second kappa shape index (κ2) is 5.25. The maximum Gasteiger partial charge on any atom is 0.189 e. The summed E-state index contributed by atoms with van der Waals surface area (Å²) < 4.78 is 13.6. The standard InChI is InChI=1S/C12H14FN3S/c1-14-7-9-8-17-12(15-9)16(2)11-6-4-3-5-10(11)13/h3-6,8,14H,7H2,1-2H3. The van der Waals surface area contributed by atoms with Gasteiger partial charge in [-0.3, -0.25) is 0 Å². The molecule has 2 aromatic rings. The first-order valence-corrected chi connectivity index (χ1v) is 6.17. The monoisotopic (exact) mass is 251 g/mol. The molecular weight excluding hydrogens is 237 g/mol. The summed E-state index contributed by atoms with van der Waals surface area (Å²) in [5, 5.41) is 5.81. The summed E-state index contributed by atoms with van der Waals surface area (Å²) in [5.74, 6) is -0.236. The van der Waals surface area contributed by atoms with Crippen LogP contribution in [0.3, 0.4) is 0 Å². The van der Waals surface area contributed by atoms with Crippen molar-refractivity contribution in [3.05, 3.63) is 41.2 Å². The van der Waals surface area contributed by atoms with Crippen molar-refractivity contribution in [3.63, 3.8) is 0 Å². The minimum Gasteiger partial charge on any atom is -0.318 e. The van der Waals surface area contributed by atoms with Crippen LogP contribution in [-0.2, 0) is 6.54 Å². The van der Waals surface area contributed by atoms with E-state index in [-0.39, 0.29) is 5.82 Å². The van der Waals surface area contributed by atoms with Crippen LogP contribution < -0.4 is 10.2 Å². The molecule has 0 saturated heterocycles. The van der Waals surface area contributed by atoms with E-state index in [9.17, 15) is 4.39 Å². The van der Waals surface area contributed by atoms with Crippen molar-refractivity contribution in [3.8, 4) is 0 Å². The number of nitrogens with zero attached hydrogens (tertiary/aromatic N) is 2. The molecule has 0 aliphatic rings. The zero-order chi connectivity index (χ0) is 12.3. The van der Waals surface area contributed by atoms with E-state index in [0.29, 0.717) is 5.69 Å². The van der Waals surface area contributed by atoms with Crippen molar-refractivity contribution in [2.75, 3.05) is 19.0 Å². The molecule has 17 heavy (non-hydrogen) atoms. The molecule has 0 aliphatic carbocycles. The van der Waals surface area contributed by atoms with E-state index < -0.39 is 0 Å². The number of hydrogen-bond acceptors (Lipinski definition) is 4. The lowest BCUT2D eigenvalue weighted by Gasteiger charge is -2.16. The van der Waals surface area contributed by atoms with Gasteiger partial charge in [-0.25, -0.2) is 9.37 Å². The van der Waals surface area contributed by atoms with Crippen LogP contribution in [0, 0.1) is 5.82 Å². The van der Waals surface area contributed by atoms with Crippen LogP contribution in [0.4, 0.5) is 15.2 Å². The van der Waals surface area contributed by atoms with E-state index >= 15 is 0 Å². The lowest BCUT2D eigenvalue weighted by Crippen LogP contribution is -2.11. The molecule has 0 unspecified atom stereocenters. The molecule has 1 N–H and O–H groups in total. The molecule has 2 rings (SSSR count). The van der Waals surface area contributed by atoms with Crippen molar-refractivity contribution in [2.24, 2.45) is 0 Å². The van der Waals surface area contributed by atoms with Gasteiger partial charge in [0, 0.05) is 19.0 Å². The van der Waals surface area contributed by atoms with Gasteiger partial charge in [-0.15, -0.1) is 11.3 Å². The van der Waals surface area contributed by atoms with Crippen LogP contribution in [0.2, 0.25) is 0 Å². The second-order valence-electron chi connectivity index (χ2n) is 3.66. The fraction of sp³-hybridized carbons (Fsp3) is 0.250. The van der Waals surface area contributed by atoms with Gasteiger partial charge in [-0.05, 0) is 19.2 Å². The van der Waals surface area contributed by atoms with Crippen LogP contribution in [0.1, 0.15) is 5.69 Å². The van der Waals surface area contributed by atoms with E-state index in [1.54, 1.807) is 17.0 Å². The Kier molecular flexibility index (Phi) is 3.71. The summed E-state index contributed by atoms with van der Waals surface area (Å²) >= 11 is 1.51. The maximum absolute atomic E-state index is 13.6. The van der Waals surface area contributed by atoms with Gasteiger partial charge in [0.05, 0.1) is 11.4 Å².